The standard InChI is InChI=1S/C13H7Cl2FN2O2/c14-8-3-1-2-6(10(8)16)9-11(20-18-13(9)17)7-4-5-19-12(7)15/h1-5H,(H2,17,18). The van der Waals surface area contributed by atoms with Crippen molar-refractivity contribution in [2.45, 2.75) is 0 Å². The van der Waals surface area contributed by atoms with Gasteiger partial charge in [-0.15, -0.1) is 0 Å². The van der Waals surface area contributed by atoms with Crippen LogP contribution in [0.4, 0.5) is 10.2 Å². The Balaban J connectivity index is 2.27. The highest BCUT2D eigenvalue weighted by molar-refractivity contribution is 6.32. The first kappa shape index (κ1) is 13.0. The highest BCUT2D eigenvalue weighted by Gasteiger charge is 2.24. The summed E-state index contributed by atoms with van der Waals surface area (Å²) in [4.78, 5) is 0. The topological polar surface area (TPSA) is 65.2 Å². The average Bonchev–Trinajstić information content (AvgIpc) is 2.99. The number of hydrogen-bond acceptors (Lipinski definition) is 4. The van der Waals surface area contributed by atoms with E-state index in [1.807, 2.05) is 0 Å². The fraction of sp³-hybridized carbons (Fsp3) is 0. The van der Waals surface area contributed by atoms with Crippen molar-refractivity contribution in [1.29, 1.82) is 0 Å². The quantitative estimate of drug-likeness (QED) is 0.749. The van der Waals surface area contributed by atoms with E-state index < -0.39 is 5.82 Å². The van der Waals surface area contributed by atoms with Crippen LogP contribution in [0.2, 0.25) is 10.2 Å². The number of anilines is 1. The molecule has 20 heavy (non-hydrogen) atoms. The number of aromatic nitrogens is 1. The van der Waals surface area contributed by atoms with Crippen molar-refractivity contribution in [3.63, 3.8) is 0 Å². The molecule has 0 spiro atoms. The van der Waals surface area contributed by atoms with Crippen LogP contribution >= 0.6 is 23.2 Å². The largest absolute Gasteiger partial charge is 0.452 e. The molecule has 0 aliphatic heterocycles. The molecule has 0 atom stereocenters. The zero-order chi connectivity index (χ0) is 14.3. The molecule has 2 N–H and O–H groups in total. The fourth-order valence-electron chi connectivity index (χ4n) is 1.90. The lowest BCUT2D eigenvalue weighted by Gasteiger charge is -2.04. The second kappa shape index (κ2) is 4.85. The predicted molar refractivity (Wildman–Crippen MR) is 74.0 cm³/mol. The molecule has 0 aliphatic carbocycles. The van der Waals surface area contributed by atoms with E-state index in [-0.39, 0.29) is 32.9 Å². The zero-order valence-electron chi connectivity index (χ0n) is 9.86. The van der Waals surface area contributed by atoms with Gasteiger partial charge in [-0.1, -0.05) is 28.9 Å². The van der Waals surface area contributed by atoms with Gasteiger partial charge in [0, 0.05) is 5.56 Å². The third-order valence-corrected chi connectivity index (χ3v) is 3.39. The number of nitrogen functional groups attached to an aromatic ring is 1. The van der Waals surface area contributed by atoms with Crippen LogP contribution < -0.4 is 5.73 Å². The Bertz CT molecular complexity index is 783. The molecule has 3 aromatic rings. The predicted octanol–water partition coefficient (Wildman–Crippen LogP) is 4.63. The summed E-state index contributed by atoms with van der Waals surface area (Å²) in [6.07, 6.45) is 1.38. The van der Waals surface area contributed by atoms with E-state index in [2.05, 4.69) is 5.16 Å². The van der Waals surface area contributed by atoms with Gasteiger partial charge < -0.3 is 14.7 Å². The van der Waals surface area contributed by atoms with Crippen molar-refractivity contribution < 1.29 is 13.3 Å². The molecule has 0 bridgehead atoms. The minimum absolute atomic E-state index is 0.0210. The van der Waals surface area contributed by atoms with Crippen molar-refractivity contribution in [3.8, 4) is 22.5 Å². The molecule has 0 aliphatic rings. The maximum Gasteiger partial charge on any atom is 0.204 e. The van der Waals surface area contributed by atoms with Crippen LogP contribution in [0.25, 0.3) is 22.5 Å². The van der Waals surface area contributed by atoms with E-state index in [1.54, 1.807) is 12.1 Å². The number of benzene rings is 1. The monoisotopic (exact) mass is 312 g/mol. The Hall–Kier alpha value is -1.98. The Morgan fingerprint density at radius 1 is 1.15 bits per heavy atom. The van der Waals surface area contributed by atoms with Gasteiger partial charge in [-0.2, -0.15) is 0 Å². The van der Waals surface area contributed by atoms with Crippen LogP contribution in [0.3, 0.4) is 0 Å². The van der Waals surface area contributed by atoms with Crippen molar-refractivity contribution in [2.75, 3.05) is 5.73 Å². The average molecular weight is 313 g/mol. The van der Waals surface area contributed by atoms with E-state index >= 15 is 0 Å². The Labute approximate surface area is 122 Å². The van der Waals surface area contributed by atoms with Gasteiger partial charge in [-0.25, -0.2) is 4.39 Å². The Kier molecular flexibility index (Phi) is 3.16. The van der Waals surface area contributed by atoms with Gasteiger partial charge >= 0.3 is 0 Å². The lowest BCUT2D eigenvalue weighted by Crippen LogP contribution is -1.92. The van der Waals surface area contributed by atoms with Crippen LogP contribution in [0.15, 0.2) is 39.5 Å². The number of nitrogens with two attached hydrogens (primary N) is 1. The van der Waals surface area contributed by atoms with E-state index in [9.17, 15) is 4.39 Å². The molecule has 0 unspecified atom stereocenters. The first-order chi connectivity index (χ1) is 9.59. The first-order valence-electron chi connectivity index (χ1n) is 5.52. The molecular weight excluding hydrogens is 306 g/mol. The molecule has 0 saturated heterocycles. The highest BCUT2D eigenvalue weighted by atomic mass is 35.5. The molecule has 2 aromatic heterocycles. The number of nitrogens with zero attached hydrogens (tertiary/aromatic N) is 1. The van der Waals surface area contributed by atoms with E-state index in [0.29, 0.717) is 5.56 Å². The van der Waals surface area contributed by atoms with Gasteiger partial charge in [0.05, 0.1) is 22.4 Å². The zero-order valence-corrected chi connectivity index (χ0v) is 11.4. The molecule has 0 saturated carbocycles. The maximum atomic E-state index is 14.2. The van der Waals surface area contributed by atoms with E-state index in [4.69, 9.17) is 37.9 Å². The first-order valence-corrected chi connectivity index (χ1v) is 6.28. The molecule has 3 rings (SSSR count). The summed E-state index contributed by atoms with van der Waals surface area (Å²) in [5.74, 6) is -0.342. The Morgan fingerprint density at radius 3 is 2.65 bits per heavy atom. The maximum absolute atomic E-state index is 14.2. The molecule has 0 radical (unpaired) electrons. The molecule has 102 valence electrons. The summed E-state index contributed by atoms with van der Waals surface area (Å²) in [5.41, 5.74) is 6.66. The van der Waals surface area contributed by atoms with Crippen LogP contribution in [0.1, 0.15) is 0 Å². The van der Waals surface area contributed by atoms with Gasteiger partial charge in [0.15, 0.2) is 11.6 Å². The second-order valence-corrected chi connectivity index (χ2v) is 4.73. The molecular formula is C13H7Cl2FN2O2. The SMILES string of the molecule is Nc1noc(-c2ccoc2Cl)c1-c1cccc(Cl)c1F. The third kappa shape index (κ3) is 1.95. The molecule has 1 aromatic carbocycles. The summed E-state index contributed by atoms with van der Waals surface area (Å²) in [6.45, 7) is 0. The van der Waals surface area contributed by atoms with Gasteiger partial charge in [-0.05, 0) is 23.7 Å². The van der Waals surface area contributed by atoms with Crippen LogP contribution in [-0.4, -0.2) is 5.16 Å². The number of halogens is 3. The summed E-state index contributed by atoms with van der Waals surface area (Å²) >= 11 is 11.7. The number of furan rings is 1. The van der Waals surface area contributed by atoms with Crippen LogP contribution in [0, 0.1) is 5.82 Å². The molecule has 7 heteroatoms. The molecule has 4 nitrogen and oxygen atoms in total. The lowest BCUT2D eigenvalue weighted by molar-refractivity contribution is 0.435. The van der Waals surface area contributed by atoms with Crippen molar-refractivity contribution in [3.05, 3.63) is 46.6 Å². The molecule has 0 fully saturated rings. The van der Waals surface area contributed by atoms with Crippen molar-refractivity contribution >= 4 is 29.0 Å². The number of rotatable bonds is 2. The van der Waals surface area contributed by atoms with Crippen LogP contribution in [0.5, 0.6) is 0 Å². The highest BCUT2D eigenvalue weighted by Crippen LogP contribution is 2.41. The van der Waals surface area contributed by atoms with E-state index in [0.717, 1.165) is 0 Å². The van der Waals surface area contributed by atoms with Crippen molar-refractivity contribution in [2.24, 2.45) is 0 Å². The van der Waals surface area contributed by atoms with Crippen molar-refractivity contribution in [1.82, 2.24) is 5.16 Å². The smallest absolute Gasteiger partial charge is 0.204 e. The normalized spacial score (nSPS) is 10.9. The van der Waals surface area contributed by atoms with Crippen LogP contribution in [-0.2, 0) is 0 Å². The van der Waals surface area contributed by atoms with Gasteiger partial charge in [-0.3, -0.25) is 0 Å². The summed E-state index contributed by atoms with van der Waals surface area (Å²) in [6, 6.07) is 6.15. The number of hydrogen-bond donors (Lipinski definition) is 1. The third-order valence-electron chi connectivity index (χ3n) is 2.80. The Morgan fingerprint density at radius 2 is 1.95 bits per heavy atom. The summed E-state index contributed by atoms with van der Waals surface area (Å²) in [7, 11) is 0. The minimum atomic E-state index is -0.607. The molecule has 0 amide bonds. The molecule has 2 heterocycles. The lowest BCUT2D eigenvalue weighted by atomic mass is 10.0. The van der Waals surface area contributed by atoms with Gasteiger partial charge in [0.1, 0.15) is 5.82 Å². The fourth-order valence-corrected chi connectivity index (χ4v) is 2.27. The summed E-state index contributed by atoms with van der Waals surface area (Å²) < 4.78 is 24.3. The minimum Gasteiger partial charge on any atom is -0.452 e. The van der Waals surface area contributed by atoms with Gasteiger partial charge in [0.2, 0.25) is 5.22 Å². The summed E-state index contributed by atoms with van der Waals surface area (Å²) in [5, 5.41) is 3.73. The second-order valence-electron chi connectivity index (χ2n) is 3.98. The van der Waals surface area contributed by atoms with E-state index in [1.165, 1.54) is 18.4 Å². The van der Waals surface area contributed by atoms with Gasteiger partial charge in [0.25, 0.3) is 0 Å².